The summed E-state index contributed by atoms with van der Waals surface area (Å²) in [6.07, 6.45) is 2.20. The van der Waals surface area contributed by atoms with Gasteiger partial charge in [0.1, 0.15) is 0 Å². The van der Waals surface area contributed by atoms with E-state index in [9.17, 15) is 0 Å². The summed E-state index contributed by atoms with van der Waals surface area (Å²) in [7, 11) is 0. The van der Waals surface area contributed by atoms with Crippen molar-refractivity contribution in [3.63, 3.8) is 0 Å². The monoisotopic (exact) mass is 210 g/mol. The van der Waals surface area contributed by atoms with Crippen molar-refractivity contribution in [3.05, 3.63) is 59.7 Å². The van der Waals surface area contributed by atoms with Gasteiger partial charge in [0.05, 0.1) is 0 Å². The van der Waals surface area contributed by atoms with E-state index in [1.165, 1.54) is 22.3 Å². The molecule has 0 aliphatic carbocycles. The van der Waals surface area contributed by atoms with E-state index in [0.29, 0.717) is 0 Å². The second-order valence-corrected chi connectivity index (χ2v) is 4.10. The molecule has 0 unspecified atom stereocenters. The highest BCUT2D eigenvalue weighted by Crippen LogP contribution is 2.21. The van der Waals surface area contributed by atoms with Crippen LogP contribution in [-0.2, 0) is 12.8 Å². The third kappa shape index (κ3) is 2.33. The van der Waals surface area contributed by atoms with E-state index in [1.807, 2.05) is 0 Å². The van der Waals surface area contributed by atoms with Gasteiger partial charge in [-0.3, -0.25) is 0 Å². The number of rotatable bonds is 3. The Hall–Kier alpha value is -1.56. The van der Waals surface area contributed by atoms with E-state index in [2.05, 4.69) is 62.4 Å². The molecular formula is C16H18. The van der Waals surface area contributed by atoms with Crippen LogP contribution in [-0.4, -0.2) is 0 Å². The van der Waals surface area contributed by atoms with Gasteiger partial charge in [0.15, 0.2) is 0 Å². The van der Waals surface area contributed by atoms with Crippen molar-refractivity contribution < 1.29 is 0 Å². The van der Waals surface area contributed by atoms with E-state index < -0.39 is 0 Å². The Bertz CT molecular complexity index is 452. The Morgan fingerprint density at radius 3 is 2.00 bits per heavy atom. The zero-order valence-electron chi connectivity index (χ0n) is 10.0. The van der Waals surface area contributed by atoms with E-state index in [0.717, 1.165) is 12.8 Å². The molecule has 2 aromatic carbocycles. The number of benzene rings is 2. The molecule has 0 aromatic heterocycles. The van der Waals surface area contributed by atoms with Gasteiger partial charge in [0, 0.05) is 0 Å². The van der Waals surface area contributed by atoms with Crippen molar-refractivity contribution in [1.29, 1.82) is 0 Å². The standard InChI is InChI=1S/C16H18/c1-3-13-8-10-15(11-9-13)16-7-5-6-14(4-2)12-16/h5-12H,3-4H2,1-2H3. The lowest BCUT2D eigenvalue weighted by molar-refractivity contribution is 1.14. The maximum absolute atomic E-state index is 2.28. The van der Waals surface area contributed by atoms with Gasteiger partial charge in [0.2, 0.25) is 0 Å². The third-order valence-electron chi connectivity index (χ3n) is 3.03. The third-order valence-corrected chi connectivity index (χ3v) is 3.03. The van der Waals surface area contributed by atoms with E-state index in [1.54, 1.807) is 0 Å². The fraction of sp³-hybridized carbons (Fsp3) is 0.250. The second-order valence-electron chi connectivity index (χ2n) is 4.10. The fourth-order valence-electron chi connectivity index (χ4n) is 1.90. The molecule has 2 aromatic rings. The maximum atomic E-state index is 2.28. The molecule has 0 amide bonds. The molecule has 16 heavy (non-hydrogen) atoms. The summed E-state index contributed by atoms with van der Waals surface area (Å²) in [6, 6.07) is 17.6. The second kappa shape index (κ2) is 4.98. The normalized spacial score (nSPS) is 10.4. The molecular weight excluding hydrogens is 192 g/mol. The first kappa shape index (κ1) is 10.9. The first-order valence-electron chi connectivity index (χ1n) is 6.01. The predicted molar refractivity (Wildman–Crippen MR) is 70.6 cm³/mol. The van der Waals surface area contributed by atoms with Crippen LogP contribution in [0, 0.1) is 0 Å². The highest BCUT2D eigenvalue weighted by atomic mass is 14.0. The smallest absolute Gasteiger partial charge is 0.0181 e. The van der Waals surface area contributed by atoms with Crippen molar-refractivity contribution in [1.82, 2.24) is 0 Å². The minimum absolute atomic E-state index is 1.10. The van der Waals surface area contributed by atoms with Gasteiger partial charge in [-0.1, -0.05) is 62.4 Å². The average Bonchev–Trinajstić information content (AvgIpc) is 2.39. The maximum Gasteiger partial charge on any atom is -0.0181 e. The lowest BCUT2D eigenvalue weighted by Crippen LogP contribution is -1.84. The van der Waals surface area contributed by atoms with Crippen LogP contribution in [0.25, 0.3) is 11.1 Å². The lowest BCUT2D eigenvalue weighted by Gasteiger charge is -2.05. The molecule has 0 nitrogen and oxygen atoms in total. The molecule has 0 heteroatoms. The molecule has 0 N–H and O–H groups in total. The summed E-state index contributed by atoms with van der Waals surface area (Å²) in [5, 5.41) is 0. The minimum atomic E-state index is 1.10. The molecule has 0 aliphatic rings. The Balaban J connectivity index is 2.34. The average molecular weight is 210 g/mol. The van der Waals surface area contributed by atoms with E-state index >= 15 is 0 Å². The van der Waals surface area contributed by atoms with Crippen LogP contribution in [0.5, 0.6) is 0 Å². The van der Waals surface area contributed by atoms with Gasteiger partial charge in [-0.2, -0.15) is 0 Å². The zero-order valence-corrected chi connectivity index (χ0v) is 10.0. The van der Waals surface area contributed by atoms with Crippen molar-refractivity contribution in [2.24, 2.45) is 0 Å². The molecule has 0 fully saturated rings. The van der Waals surface area contributed by atoms with E-state index in [-0.39, 0.29) is 0 Å². The predicted octanol–water partition coefficient (Wildman–Crippen LogP) is 4.48. The first-order chi connectivity index (χ1) is 7.83. The fourth-order valence-corrected chi connectivity index (χ4v) is 1.90. The number of hydrogen-bond donors (Lipinski definition) is 0. The SMILES string of the molecule is CCc1ccc(-c2cccc(CC)c2)cc1. The summed E-state index contributed by atoms with van der Waals surface area (Å²) < 4.78 is 0. The summed E-state index contributed by atoms with van der Waals surface area (Å²) in [6.45, 7) is 4.38. The zero-order chi connectivity index (χ0) is 11.4. The van der Waals surface area contributed by atoms with Gasteiger partial charge in [-0.05, 0) is 35.1 Å². The summed E-state index contributed by atoms with van der Waals surface area (Å²) in [5.74, 6) is 0. The van der Waals surface area contributed by atoms with Crippen molar-refractivity contribution in [2.45, 2.75) is 26.7 Å². The van der Waals surface area contributed by atoms with Crippen molar-refractivity contribution in [3.8, 4) is 11.1 Å². The molecule has 82 valence electrons. The van der Waals surface area contributed by atoms with Crippen LogP contribution in [0.15, 0.2) is 48.5 Å². The lowest BCUT2D eigenvalue weighted by atomic mass is 10.0. The molecule has 2 rings (SSSR count). The summed E-state index contributed by atoms with van der Waals surface area (Å²) in [5.41, 5.74) is 5.43. The molecule has 0 saturated heterocycles. The summed E-state index contributed by atoms with van der Waals surface area (Å²) in [4.78, 5) is 0. The molecule has 0 spiro atoms. The minimum Gasteiger partial charge on any atom is -0.0614 e. The Labute approximate surface area is 97.9 Å². The summed E-state index contributed by atoms with van der Waals surface area (Å²) >= 11 is 0. The van der Waals surface area contributed by atoms with Crippen LogP contribution < -0.4 is 0 Å². The molecule has 0 atom stereocenters. The first-order valence-corrected chi connectivity index (χ1v) is 6.01. The Morgan fingerprint density at radius 2 is 1.38 bits per heavy atom. The van der Waals surface area contributed by atoms with Crippen molar-refractivity contribution >= 4 is 0 Å². The topological polar surface area (TPSA) is 0 Å². The van der Waals surface area contributed by atoms with Crippen LogP contribution in [0.1, 0.15) is 25.0 Å². The Kier molecular flexibility index (Phi) is 3.40. The van der Waals surface area contributed by atoms with Gasteiger partial charge >= 0.3 is 0 Å². The molecule has 0 saturated carbocycles. The van der Waals surface area contributed by atoms with Gasteiger partial charge < -0.3 is 0 Å². The Morgan fingerprint density at radius 1 is 0.688 bits per heavy atom. The van der Waals surface area contributed by atoms with Gasteiger partial charge in [-0.15, -0.1) is 0 Å². The largest absolute Gasteiger partial charge is 0.0614 e. The highest BCUT2D eigenvalue weighted by Gasteiger charge is 1.98. The number of hydrogen-bond acceptors (Lipinski definition) is 0. The van der Waals surface area contributed by atoms with Gasteiger partial charge in [0.25, 0.3) is 0 Å². The van der Waals surface area contributed by atoms with Gasteiger partial charge in [-0.25, -0.2) is 0 Å². The van der Waals surface area contributed by atoms with Crippen LogP contribution in [0.3, 0.4) is 0 Å². The highest BCUT2D eigenvalue weighted by molar-refractivity contribution is 5.64. The van der Waals surface area contributed by atoms with Crippen LogP contribution in [0.2, 0.25) is 0 Å². The molecule has 0 radical (unpaired) electrons. The quantitative estimate of drug-likeness (QED) is 0.700. The number of aryl methyl sites for hydroxylation is 2. The molecule has 0 bridgehead atoms. The molecule has 0 heterocycles. The van der Waals surface area contributed by atoms with E-state index in [4.69, 9.17) is 0 Å². The van der Waals surface area contributed by atoms with Crippen molar-refractivity contribution in [2.75, 3.05) is 0 Å². The van der Waals surface area contributed by atoms with Crippen LogP contribution in [0.4, 0.5) is 0 Å². The van der Waals surface area contributed by atoms with Crippen LogP contribution >= 0.6 is 0 Å². The molecule has 0 aliphatic heterocycles.